The Bertz CT molecular complexity index is 136. The first kappa shape index (κ1) is 10.5. The highest BCUT2D eigenvalue weighted by Gasteiger charge is 2.17. The van der Waals surface area contributed by atoms with E-state index in [4.69, 9.17) is 0 Å². The number of halogens is 1. The van der Waals surface area contributed by atoms with Crippen LogP contribution in [0.1, 0.15) is 0 Å². The fraction of sp³-hybridized carbons (Fsp3) is 0.500. The lowest BCUT2D eigenvalue weighted by molar-refractivity contribution is -0.885. The molecule has 3 heteroatoms. The number of nitrogens with one attached hydrogen (secondary N) is 1. The lowest BCUT2D eigenvalue weighted by atomic mass is 10.5. The topological polar surface area (TPSA) is 7.68 Å². The molecule has 1 saturated heterocycles. The maximum Gasteiger partial charge on any atom is 0.152 e. The smallest absolute Gasteiger partial charge is 0.152 e. The molecule has 1 rings (SSSR count). The molecule has 0 radical (unpaired) electrons. The minimum Gasteiger partial charge on any atom is -1.00 e. The van der Waals surface area contributed by atoms with Gasteiger partial charge in [-0.05, 0) is 12.3 Å². The summed E-state index contributed by atoms with van der Waals surface area (Å²) in [6, 6.07) is 0. The minimum atomic E-state index is 0. The summed E-state index contributed by atoms with van der Waals surface area (Å²) < 4.78 is 0. The SMILES string of the molecule is C=CC[NH+]1CCN(C=C)C1.[Cl-]. The van der Waals surface area contributed by atoms with Gasteiger partial charge in [-0.2, -0.15) is 0 Å². The Morgan fingerprint density at radius 3 is 2.64 bits per heavy atom. The molecule has 2 nitrogen and oxygen atoms in total. The summed E-state index contributed by atoms with van der Waals surface area (Å²) in [5.74, 6) is 0. The van der Waals surface area contributed by atoms with Crippen LogP contribution in [-0.2, 0) is 0 Å². The van der Waals surface area contributed by atoms with E-state index in [1.165, 1.54) is 6.54 Å². The van der Waals surface area contributed by atoms with E-state index in [2.05, 4.69) is 18.1 Å². The van der Waals surface area contributed by atoms with Gasteiger partial charge in [0, 0.05) is 0 Å². The highest BCUT2D eigenvalue weighted by atomic mass is 35.5. The van der Waals surface area contributed by atoms with Crippen molar-refractivity contribution in [3.8, 4) is 0 Å². The van der Waals surface area contributed by atoms with Crippen LogP contribution in [0, 0.1) is 0 Å². The Balaban J connectivity index is 0.000001000. The average molecular weight is 175 g/mol. The molecule has 0 spiro atoms. The molecule has 1 fully saturated rings. The number of rotatable bonds is 3. The van der Waals surface area contributed by atoms with E-state index in [1.807, 2.05) is 12.3 Å². The van der Waals surface area contributed by atoms with Gasteiger partial charge in [0.15, 0.2) is 6.67 Å². The summed E-state index contributed by atoms with van der Waals surface area (Å²) >= 11 is 0. The van der Waals surface area contributed by atoms with Crippen molar-refractivity contribution in [2.45, 2.75) is 0 Å². The third-order valence-electron chi connectivity index (χ3n) is 1.87. The Labute approximate surface area is 74.6 Å². The van der Waals surface area contributed by atoms with Crippen LogP contribution < -0.4 is 17.3 Å². The van der Waals surface area contributed by atoms with Crippen molar-refractivity contribution in [3.05, 3.63) is 25.4 Å². The molecule has 1 heterocycles. The molecular weight excluding hydrogens is 160 g/mol. The van der Waals surface area contributed by atoms with Crippen molar-refractivity contribution < 1.29 is 17.3 Å². The van der Waals surface area contributed by atoms with Gasteiger partial charge >= 0.3 is 0 Å². The number of hydrogen-bond donors (Lipinski definition) is 1. The highest BCUT2D eigenvalue weighted by Crippen LogP contribution is 1.85. The van der Waals surface area contributed by atoms with E-state index >= 15 is 0 Å². The molecule has 0 saturated carbocycles. The first-order valence-corrected chi connectivity index (χ1v) is 3.68. The van der Waals surface area contributed by atoms with Gasteiger partial charge < -0.3 is 22.2 Å². The second-order valence-corrected chi connectivity index (χ2v) is 2.65. The normalized spacial score (nSPS) is 22.5. The van der Waals surface area contributed by atoms with E-state index < -0.39 is 0 Å². The van der Waals surface area contributed by atoms with Crippen molar-refractivity contribution in [1.82, 2.24) is 4.90 Å². The minimum absolute atomic E-state index is 0. The number of hydrogen-bond acceptors (Lipinski definition) is 1. The van der Waals surface area contributed by atoms with Gasteiger partial charge in [0.1, 0.15) is 0 Å². The van der Waals surface area contributed by atoms with Crippen LogP contribution in [0.3, 0.4) is 0 Å². The Kier molecular flexibility index (Phi) is 4.99. The third kappa shape index (κ3) is 2.95. The van der Waals surface area contributed by atoms with E-state index in [1.54, 1.807) is 4.90 Å². The zero-order valence-corrected chi connectivity index (χ0v) is 7.48. The number of quaternary nitrogens is 1. The first-order chi connectivity index (χ1) is 4.86. The van der Waals surface area contributed by atoms with E-state index in [-0.39, 0.29) is 12.4 Å². The van der Waals surface area contributed by atoms with Gasteiger partial charge in [0.25, 0.3) is 0 Å². The van der Waals surface area contributed by atoms with Crippen LogP contribution in [0.15, 0.2) is 25.4 Å². The monoisotopic (exact) mass is 174 g/mol. The van der Waals surface area contributed by atoms with Gasteiger partial charge in [0.2, 0.25) is 0 Å². The maximum absolute atomic E-state index is 3.72. The zero-order chi connectivity index (χ0) is 7.40. The second-order valence-electron chi connectivity index (χ2n) is 2.65. The molecule has 0 aromatic carbocycles. The molecule has 1 aliphatic rings. The van der Waals surface area contributed by atoms with Crippen LogP contribution in [0.4, 0.5) is 0 Å². The summed E-state index contributed by atoms with van der Waals surface area (Å²) in [4.78, 5) is 3.81. The summed E-state index contributed by atoms with van der Waals surface area (Å²) in [6.07, 6.45) is 3.89. The molecule has 0 aliphatic carbocycles. The predicted molar refractivity (Wildman–Crippen MR) is 42.7 cm³/mol. The van der Waals surface area contributed by atoms with Gasteiger partial charge in [-0.25, -0.2) is 0 Å². The number of nitrogens with zero attached hydrogens (tertiary/aromatic N) is 1. The molecule has 1 aliphatic heterocycles. The third-order valence-corrected chi connectivity index (χ3v) is 1.87. The molecule has 0 bridgehead atoms. The highest BCUT2D eigenvalue weighted by molar-refractivity contribution is 4.71. The van der Waals surface area contributed by atoms with E-state index in [9.17, 15) is 0 Å². The predicted octanol–water partition coefficient (Wildman–Crippen LogP) is -3.52. The first-order valence-electron chi connectivity index (χ1n) is 3.68. The van der Waals surface area contributed by atoms with Crippen molar-refractivity contribution in [2.24, 2.45) is 0 Å². The quantitative estimate of drug-likeness (QED) is 0.436. The molecule has 0 amide bonds. The molecular formula is C8H15ClN2. The van der Waals surface area contributed by atoms with E-state index in [0.717, 1.165) is 19.8 Å². The lowest BCUT2D eigenvalue weighted by Gasteiger charge is -2.10. The average Bonchev–Trinajstić information content (AvgIpc) is 2.37. The van der Waals surface area contributed by atoms with Crippen molar-refractivity contribution in [2.75, 3.05) is 26.3 Å². The fourth-order valence-electron chi connectivity index (χ4n) is 1.27. The summed E-state index contributed by atoms with van der Waals surface area (Å²) in [6.45, 7) is 12.0. The molecule has 1 unspecified atom stereocenters. The van der Waals surface area contributed by atoms with Crippen LogP contribution in [0.5, 0.6) is 0 Å². The second kappa shape index (κ2) is 5.22. The van der Waals surface area contributed by atoms with E-state index in [0.29, 0.717) is 0 Å². The van der Waals surface area contributed by atoms with Gasteiger partial charge in [-0.3, -0.25) is 0 Å². The molecule has 1 N–H and O–H groups in total. The summed E-state index contributed by atoms with van der Waals surface area (Å²) in [5.41, 5.74) is 0. The Morgan fingerprint density at radius 2 is 2.18 bits per heavy atom. The molecule has 11 heavy (non-hydrogen) atoms. The zero-order valence-electron chi connectivity index (χ0n) is 6.72. The van der Waals surface area contributed by atoms with Gasteiger partial charge in [-0.1, -0.05) is 13.2 Å². The Morgan fingerprint density at radius 1 is 1.45 bits per heavy atom. The van der Waals surface area contributed by atoms with Gasteiger partial charge in [-0.15, -0.1) is 0 Å². The molecule has 64 valence electrons. The van der Waals surface area contributed by atoms with Crippen molar-refractivity contribution >= 4 is 0 Å². The van der Waals surface area contributed by atoms with Crippen LogP contribution in [0.2, 0.25) is 0 Å². The van der Waals surface area contributed by atoms with Crippen molar-refractivity contribution in [3.63, 3.8) is 0 Å². The summed E-state index contributed by atoms with van der Waals surface area (Å²) in [7, 11) is 0. The molecule has 0 aromatic heterocycles. The summed E-state index contributed by atoms with van der Waals surface area (Å²) in [5, 5.41) is 0. The van der Waals surface area contributed by atoms with Gasteiger partial charge in [0.05, 0.1) is 19.6 Å². The Hall–Kier alpha value is -0.470. The maximum atomic E-state index is 3.72. The fourth-order valence-corrected chi connectivity index (χ4v) is 1.27. The standard InChI is InChI=1S/C8H14N2.ClH/c1-3-5-10-7-6-9(4-2)8-10;/h3-4H,1-2,5-8H2;1H. The van der Waals surface area contributed by atoms with Crippen LogP contribution >= 0.6 is 0 Å². The lowest BCUT2D eigenvalue weighted by Crippen LogP contribution is -3.10. The molecule has 0 aromatic rings. The largest absolute Gasteiger partial charge is 1.00 e. The van der Waals surface area contributed by atoms with Crippen LogP contribution in [-0.4, -0.2) is 31.2 Å². The molecule has 1 atom stereocenters. The van der Waals surface area contributed by atoms with Crippen molar-refractivity contribution in [1.29, 1.82) is 0 Å². The van der Waals surface area contributed by atoms with Crippen LogP contribution in [0.25, 0.3) is 0 Å².